The molecule has 0 aromatic heterocycles. The topological polar surface area (TPSA) is 71.1 Å². The van der Waals surface area contributed by atoms with E-state index in [1.165, 1.54) is 12.8 Å². The van der Waals surface area contributed by atoms with E-state index in [4.69, 9.17) is 5.11 Å². The minimum atomic E-state index is 0.136. The second-order valence-electron chi connectivity index (χ2n) is 7.83. The van der Waals surface area contributed by atoms with Crippen molar-refractivity contribution < 1.29 is 5.11 Å². The summed E-state index contributed by atoms with van der Waals surface area (Å²) in [5.41, 5.74) is 0. The molecule has 4 heteroatoms. The lowest BCUT2D eigenvalue weighted by Crippen LogP contribution is -2.36. The summed E-state index contributed by atoms with van der Waals surface area (Å²) >= 11 is 0. The molecular weight excluding hydrogens is 310 g/mol. The van der Waals surface area contributed by atoms with Crippen LogP contribution in [0.1, 0.15) is 71.6 Å². The summed E-state index contributed by atoms with van der Waals surface area (Å²) < 4.78 is 0. The Morgan fingerprint density at radius 3 is 2.56 bits per heavy atom. The van der Waals surface area contributed by atoms with Crippen LogP contribution in [0.15, 0.2) is 0 Å². The Labute approximate surface area is 154 Å². The second kappa shape index (κ2) is 13.2. The van der Waals surface area contributed by atoms with E-state index in [0.717, 1.165) is 64.6 Å². The van der Waals surface area contributed by atoms with Gasteiger partial charge in [-0.05, 0) is 50.5 Å². The molecule has 1 saturated carbocycles. The SMILES string of the molecule is CCCC(C#N)[C@H](C)CN(CCCCCCO)C[C@@H]1CCCC1C#N. The minimum Gasteiger partial charge on any atom is -0.396 e. The van der Waals surface area contributed by atoms with Gasteiger partial charge in [-0.3, -0.25) is 0 Å². The van der Waals surface area contributed by atoms with Crippen molar-refractivity contribution in [2.45, 2.75) is 71.6 Å². The number of hydrogen-bond acceptors (Lipinski definition) is 4. The molecule has 0 bridgehead atoms. The molecule has 1 N–H and O–H groups in total. The molecule has 0 saturated heterocycles. The van der Waals surface area contributed by atoms with E-state index in [1.807, 2.05) is 0 Å². The van der Waals surface area contributed by atoms with Crippen LogP contribution in [0.25, 0.3) is 0 Å². The van der Waals surface area contributed by atoms with Crippen LogP contribution in [0.5, 0.6) is 0 Å². The Bertz CT molecular complexity index is 426. The molecule has 0 aromatic carbocycles. The van der Waals surface area contributed by atoms with Crippen molar-refractivity contribution in [1.82, 2.24) is 4.90 Å². The van der Waals surface area contributed by atoms with E-state index in [0.29, 0.717) is 11.8 Å². The molecule has 142 valence electrons. The van der Waals surface area contributed by atoms with Gasteiger partial charge in [0.25, 0.3) is 0 Å². The predicted molar refractivity (Wildman–Crippen MR) is 102 cm³/mol. The maximum atomic E-state index is 9.44. The highest BCUT2D eigenvalue weighted by atomic mass is 16.2. The number of aliphatic hydroxyl groups is 1. The Balaban J connectivity index is 2.57. The number of nitrogens with zero attached hydrogens (tertiary/aromatic N) is 3. The highest BCUT2D eigenvalue weighted by molar-refractivity contribution is 4.94. The Morgan fingerprint density at radius 2 is 1.92 bits per heavy atom. The molecule has 0 aromatic rings. The highest BCUT2D eigenvalue weighted by Gasteiger charge is 2.29. The standard InChI is InChI=1S/C21H37N3O/c1-3-9-19(14-22)18(2)16-24(12-6-4-5-7-13-25)17-21-11-8-10-20(21)15-23/h18-21,25H,3-13,16-17H2,1-2H3/t18-,19?,20?,21+/m1/s1. The Hall–Kier alpha value is -1.10. The number of nitriles is 2. The zero-order valence-electron chi connectivity index (χ0n) is 16.3. The molecule has 1 aliphatic carbocycles. The van der Waals surface area contributed by atoms with Crippen molar-refractivity contribution in [3.8, 4) is 12.1 Å². The van der Waals surface area contributed by atoms with Crippen LogP contribution in [0.4, 0.5) is 0 Å². The first kappa shape index (κ1) is 21.9. The zero-order chi connectivity index (χ0) is 18.5. The maximum absolute atomic E-state index is 9.44. The first-order valence-corrected chi connectivity index (χ1v) is 10.3. The van der Waals surface area contributed by atoms with E-state index in [9.17, 15) is 10.5 Å². The van der Waals surface area contributed by atoms with E-state index in [1.54, 1.807) is 0 Å². The van der Waals surface area contributed by atoms with Crippen molar-refractivity contribution in [3.05, 3.63) is 0 Å². The summed E-state index contributed by atoms with van der Waals surface area (Å²) in [6.45, 7) is 7.66. The Kier molecular flexibility index (Phi) is 11.5. The van der Waals surface area contributed by atoms with E-state index in [-0.39, 0.29) is 18.4 Å². The first-order chi connectivity index (χ1) is 12.2. The molecule has 0 spiro atoms. The van der Waals surface area contributed by atoms with Gasteiger partial charge in [0.05, 0.1) is 24.0 Å². The third-order valence-corrected chi connectivity index (χ3v) is 5.70. The predicted octanol–water partition coefficient (Wildman–Crippen LogP) is 4.36. The van der Waals surface area contributed by atoms with Gasteiger partial charge in [0, 0.05) is 19.7 Å². The number of hydrogen-bond donors (Lipinski definition) is 1. The van der Waals surface area contributed by atoms with Gasteiger partial charge < -0.3 is 10.0 Å². The molecule has 0 amide bonds. The van der Waals surface area contributed by atoms with Crippen molar-refractivity contribution in [1.29, 1.82) is 10.5 Å². The molecule has 4 nitrogen and oxygen atoms in total. The maximum Gasteiger partial charge on any atom is 0.0659 e. The molecule has 25 heavy (non-hydrogen) atoms. The van der Waals surface area contributed by atoms with Crippen LogP contribution in [0, 0.1) is 46.3 Å². The van der Waals surface area contributed by atoms with E-state index < -0.39 is 0 Å². The van der Waals surface area contributed by atoms with Gasteiger partial charge in [0.15, 0.2) is 0 Å². The summed E-state index contributed by atoms with van der Waals surface area (Å²) in [6.07, 6.45) is 9.70. The van der Waals surface area contributed by atoms with Gasteiger partial charge in [-0.1, -0.05) is 39.5 Å². The molecule has 1 fully saturated rings. The third kappa shape index (κ3) is 8.21. The molecule has 1 rings (SSSR count). The zero-order valence-corrected chi connectivity index (χ0v) is 16.3. The molecule has 0 aliphatic heterocycles. The van der Waals surface area contributed by atoms with E-state index in [2.05, 4.69) is 30.9 Å². The average molecular weight is 348 g/mol. The number of aliphatic hydroxyl groups excluding tert-OH is 1. The van der Waals surface area contributed by atoms with Gasteiger partial charge in [0.1, 0.15) is 0 Å². The minimum absolute atomic E-state index is 0.136. The summed E-state index contributed by atoms with van der Waals surface area (Å²) in [5.74, 6) is 1.23. The first-order valence-electron chi connectivity index (χ1n) is 10.3. The van der Waals surface area contributed by atoms with Gasteiger partial charge >= 0.3 is 0 Å². The van der Waals surface area contributed by atoms with Crippen LogP contribution < -0.4 is 0 Å². The fourth-order valence-electron chi connectivity index (χ4n) is 4.14. The van der Waals surface area contributed by atoms with Crippen LogP contribution in [0.2, 0.25) is 0 Å². The second-order valence-corrected chi connectivity index (χ2v) is 7.83. The van der Waals surface area contributed by atoms with Crippen molar-refractivity contribution in [2.24, 2.45) is 23.7 Å². The van der Waals surface area contributed by atoms with Crippen LogP contribution in [-0.4, -0.2) is 36.2 Å². The molecule has 4 atom stereocenters. The lowest BCUT2D eigenvalue weighted by atomic mass is 9.90. The molecular formula is C21H37N3O. The van der Waals surface area contributed by atoms with Gasteiger partial charge in [-0.2, -0.15) is 10.5 Å². The number of rotatable bonds is 13. The highest BCUT2D eigenvalue weighted by Crippen LogP contribution is 2.32. The van der Waals surface area contributed by atoms with Crippen molar-refractivity contribution >= 4 is 0 Å². The van der Waals surface area contributed by atoms with E-state index >= 15 is 0 Å². The fourth-order valence-corrected chi connectivity index (χ4v) is 4.14. The van der Waals surface area contributed by atoms with Crippen molar-refractivity contribution in [2.75, 3.05) is 26.2 Å². The fraction of sp³-hybridized carbons (Fsp3) is 0.905. The normalized spacial score (nSPS) is 22.5. The summed E-state index contributed by atoms with van der Waals surface area (Å²) in [5, 5.41) is 27.7. The molecule has 0 heterocycles. The Morgan fingerprint density at radius 1 is 1.16 bits per heavy atom. The number of unbranched alkanes of at least 4 members (excludes halogenated alkanes) is 3. The summed E-state index contributed by atoms with van der Waals surface area (Å²) in [4.78, 5) is 2.52. The smallest absolute Gasteiger partial charge is 0.0659 e. The molecule has 2 unspecified atom stereocenters. The third-order valence-electron chi connectivity index (χ3n) is 5.70. The molecule has 0 radical (unpaired) electrons. The lowest BCUT2D eigenvalue weighted by Gasteiger charge is -2.30. The summed E-state index contributed by atoms with van der Waals surface area (Å²) in [6, 6.07) is 5.00. The van der Waals surface area contributed by atoms with Gasteiger partial charge in [-0.25, -0.2) is 0 Å². The molecule has 1 aliphatic rings. The van der Waals surface area contributed by atoms with Crippen LogP contribution in [-0.2, 0) is 0 Å². The van der Waals surface area contributed by atoms with Crippen LogP contribution in [0.3, 0.4) is 0 Å². The summed E-state index contributed by atoms with van der Waals surface area (Å²) in [7, 11) is 0. The lowest BCUT2D eigenvalue weighted by molar-refractivity contribution is 0.173. The average Bonchev–Trinajstić information content (AvgIpc) is 3.06. The van der Waals surface area contributed by atoms with Crippen molar-refractivity contribution in [3.63, 3.8) is 0 Å². The monoisotopic (exact) mass is 347 g/mol. The van der Waals surface area contributed by atoms with Gasteiger partial charge in [-0.15, -0.1) is 0 Å². The van der Waals surface area contributed by atoms with Crippen LogP contribution >= 0.6 is 0 Å². The largest absolute Gasteiger partial charge is 0.396 e. The quantitative estimate of drug-likeness (QED) is 0.503. The van der Waals surface area contributed by atoms with Gasteiger partial charge in [0.2, 0.25) is 0 Å².